The maximum atomic E-state index is 12.2. The number of anilines is 2. The minimum atomic E-state index is -0.0357. The largest absolute Gasteiger partial charge is 0.481 e. The van der Waals surface area contributed by atoms with Crippen molar-refractivity contribution in [3.63, 3.8) is 0 Å². The molecule has 4 heteroatoms. The maximum absolute atomic E-state index is 12.2. The Balaban J connectivity index is 1.96. The van der Waals surface area contributed by atoms with E-state index in [1.54, 1.807) is 17.0 Å². The van der Waals surface area contributed by atoms with Crippen molar-refractivity contribution in [2.45, 2.75) is 20.4 Å². The fourth-order valence-corrected chi connectivity index (χ4v) is 2.74. The fourth-order valence-electron chi connectivity index (χ4n) is 2.74. The van der Waals surface area contributed by atoms with Crippen LogP contribution in [0.3, 0.4) is 0 Å². The van der Waals surface area contributed by atoms with Crippen molar-refractivity contribution < 1.29 is 9.53 Å². The van der Waals surface area contributed by atoms with Gasteiger partial charge in [-0.25, -0.2) is 0 Å². The number of aryl methyl sites for hydroxylation is 2. The van der Waals surface area contributed by atoms with Gasteiger partial charge in [-0.05, 0) is 31.5 Å². The highest BCUT2D eigenvalue weighted by atomic mass is 16.5. The van der Waals surface area contributed by atoms with Crippen LogP contribution in [0.4, 0.5) is 11.4 Å². The van der Waals surface area contributed by atoms with E-state index in [9.17, 15) is 4.79 Å². The van der Waals surface area contributed by atoms with Gasteiger partial charge in [-0.15, -0.1) is 0 Å². The smallest absolute Gasteiger partial charge is 0.265 e. The summed E-state index contributed by atoms with van der Waals surface area (Å²) in [5, 5.41) is 0. The van der Waals surface area contributed by atoms with Crippen molar-refractivity contribution in [2.24, 2.45) is 0 Å². The molecule has 3 rings (SSSR count). The Bertz CT molecular complexity index is 690. The van der Waals surface area contributed by atoms with Gasteiger partial charge in [0.05, 0.1) is 12.2 Å². The van der Waals surface area contributed by atoms with Crippen LogP contribution < -0.4 is 15.4 Å². The highest BCUT2D eigenvalue weighted by Gasteiger charge is 2.25. The molecule has 0 saturated heterocycles. The minimum Gasteiger partial charge on any atom is -0.481 e. The van der Waals surface area contributed by atoms with Crippen LogP contribution in [-0.2, 0) is 11.3 Å². The van der Waals surface area contributed by atoms with Crippen LogP contribution in [0.1, 0.15) is 16.7 Å². The molecule has 1 amide bonds. The van der Waals surface area contributed by atoms with E-state index in [-0.39, 0.29) is 12.5 Å². The number of nitrogens with two attached hydrogens (primary N) is 1. The van der Waals surface area contributed by atoms with Gasteiger partial charge >= 0.3 is 0 Å². The number of nitrogen functional groups attached to an aromatic ring is 1. The lowest BCUT2D eigenvalue weighted by molar-refractivity contribution is -0.121. The van der Waals surface area contributed by atoms with E-state index in [0.717, 1.165) is 11.3 Å². The average Bonchev–Trinajstić information content (AvgIpc) is 2.41. The van der Waals surface area contributed by atoms with Crippen LogP contribution in [0.5, 0.6) is 5.75 Å². The predicted octanol–water partition coefficient (Wildman–Crippen LogP) is 2.81. The van der Waals surface area contributed by atoms with E-state index in [4.69, 9.17) is 10.5 Å². The molecule has 0 spiro atoms. The Kier molecular flexibility index (Phi) is 3.29. The lowest BCUT2D eigenvalue weighted by Crippen LogP contribution is -2.38. The number of benzene rings is 2. The molecule has 0 aliphatic carbocycles. The number of hydrogen-bond donors (Lipinski definition) is 1. The quantitative estimate of drug-likeness (QED) is 0.862. The Morgan fingerprint density at radius 2 is 1.86 bits per heavy atom. The molecular formula is C17H18N2O2. The summed E-state index contributed by atoms with van der Waals surface area (Å²) in [4.78, 5) is 13.9. The highest BCUT2D eigenvalue weighted by molar-refractivity contribution is 5.98. The number of ether oxygens (including phenoxy) is 1. The van der Waals surface area contributed by atoms with E-state index >= 15 is 0 Å². The summed E-state index contributed by atoms with van der Waals surface area (Å²) in [5.74, 6) is 0.630. The number of fused-ring (bicyclic) bond motifs is 1. The monoisotopic (exact) mass is 282 g/mol. The molecule has 0 aromatic heterocycles. The van der Waals surface area contributed by atoms with E-state index in [0.29, 0.717) is 18.0 Å². The second-order valence-corrected chi connectivity index (χ2v) is 5.49. The zero-order chi connectivity index (χ0) is 15.0. The van der Waals surface area contributed by atoms with Gasteiger partial charge in [0.1, 0.15) is 5.75 Å². The number of carbonyl (C=O) groups is 1. The molecule has 1 aliphatic heterocycles. The van der Waals surface area contributed by atoms with E-state index in [1.807, 2.05) is 6.07 Å². The van der Waals surface area contributed by atoms with Crippen molar-refractivity contribution in [3.8, 4) is 5.75 Å². The van der Waals surface area contributed by atoms with Crippen molar-refractivity contribution >= 4 is 17.3 Å². The number of hydrogen-bond acceptors (Lipinski definition) is 3. The summed E-state index contributed by atoms with van der Waals surface area (Å²) in [7, 11) is 0. The SMILES string of the molecule is Cc1cc(C)cc(CN2C(=O)COc3cc(N)ccc32)c1. The summed E-state index contributed by atoms with van der Waals surface area (Å²) in [6.45, 7) is 4.72. The van der Waals surface area contributed by atoms with Crippen LogP contribution >= 0.6 is 0 Å². The summed E-state index contributed by atoms with van der Waals surface area (Å²) in [5.41, 5.74) is 10.7. The molecule has 0 radical (unpaired) electrons. The van der Waals surface area contributed by atoms with E-state index in [1.165, 1.54) is 11.1 Å². The van der Waals surface area contributed by atoms with Gasteiger partial charge < -0.3 is 15.4 Å². The van der Waals surface area contributed by atoms with Crippen LogP contribution in [0.25, 0.3) is 0 Å². The fraction of sp³-hybridized carbons (Fsp3) is 0.235. The van der Waals surface area contributed by atoms with Crippen molar-refractivity contribution in [1.82, 2.24) is 0 Å². The van der Waals surface area contributed by atoms with Crippen LogP contribution in [0.2, 0.25) is 0 Å². The normalized spacial score (nSPS) is 13.8. The Labute approximate surface area is 124 Å². The van der Waals surface area contributed by atoms with Crippen molar-refractivity contribution in [3.05, 3.63) is 53.1 Å². The zero-order valence-corrected chi connectivity index (χ0v) is 12.2. The Hall–Kier alpha value is -2.49. The van der Waals surface area contributed by atoms with Crippen LogP contribution in [0, 0.1) is 13.8 Å². The van der Waals surface area contributed by atoms with Gasteiger partial charge in [0, 0.05) is 11.8 Å². The zero-order valence-electron chi connectivity index (χ0n) is 12.2. The Morgan fingerprint density at radius 1 is 1.14 bits per heavy atom. The standard InChI is InChI=1S/C17H18N2O2/c1-11-5-12(2)7-13(6-11)9-19-15-4-3-14(18)8-16(15)21-10-17(19)20/h3-8H,9-10,18H2,1-2H3. The first-order chi connectivity index (χ1) is 10.0. The second kappa shape index (κ2) is 5.13. The summed E-state index contributed by atoms with van der Waals surface area (Å²) < 4.78 is 5.46. The van der Waals surface area contributed by atoms with Gasteiger partial charge in [-0.2, -0.15) is 0 Å². The first-order valence-corrected chi connectivity index (χ1v) is 6.93. The van der Waals surface area contributed by atoms with Gasteiger partial charge in [0.2, 0.25) is 0 Å². The van der Waals surface area contributed by atoms with Crippen molar-refractivity contribution in [2.75, 3.05) is 17.2 Å². The highest BCUT2D eigenvalue weighted by Crippen LogP contribution is 2.34. The molecule has 0 fully saturated rings. The number of rotatable bonds is 2. The summed E-state index contributed by atoms with van der Waals surface area (Å²) >= 11 is 0. The minimum absolute atomic E-state index is 0.0357. The third-order valence-corrected chi connectivity index (χ3v) is 3.55. The molecule has 2 N–H and O–H groups in total. The molecule has 2 aromatic rings. The average molecular weight is 282 g/mol. The molecule has 4 nitrogen and oxygen atoms in total. The van der Waals surface area contributed by atoms with Gasteiger partial charge in [0.25, 0.3) is 5.91 Å². The number of carbonyl (C=O) groups excluding carboxylic acids is 1. The van der Waals surface area contributed by atoms with E-state index < -0.39 is 0 Å². The third kappa shape index (κ3) is 2.70. The number of amides is 1. The first kappa shape index (κ1) is 13.5. The van der Waals surface area contributed by atoms with E-state index in [2.05, 4.69) is 32.0 Å². The molecule has 21 heavy (non-hydrogen) atoms. The second-order valence-electron chi connectivity index (χ2n) is 5.49. The lowest BCUT2D eigenvalue weighted by Gasteiger charge is -2.29. The molecule has 0 bridgehead atoms. The maximum Gasteiger partial charge on any atom is 0.265 e. The summed E-state index contributed by atoms with van der Waals surface area (Å²) in [6, 6.07) is 11.7. The van der Waals surface area contributed by atoms with Gasteiger partial charge in [0.15, 0.2) is 6.61 Å². The molecule has 0 atom stereocenters. The third-order valence-electron chi connectivity index (χ3n) is 3.55. The molecule has 0 unspecified atom stereocenters. The van der Waals surface area contributed by atoms with Crippen LogP contribution in [0.15, 0.2) is 36.4 Å². The molecule has 1 heterocycles. The van der Waals surface area contributed by atoms with Crippen LogP contribution in [-0.4, -0.2) is 12.5 Å². The molecule has 108 valence electrons. The van der Waals surface area contributed by atoms with Crippen molar-refractivity contribution in [1.29, 1.82) is 0 Å². The Morgan fingerprint density at radius 3 is 2.57 bits per heavy atom. The number of nitrogens with zero attached hydrogens (tertiary/aromatic N) is 1. The summed E-state index contributed by atoms with van der Waals surface area (Å²) in [6.07, 6.45) is 0. The topological polar surface area (TPSA) is 55.6 Å². The molecule has 0 saturated carbocycles. The van der Waals surface area contributed by atoms with Gasteiger partial charge in [-0.3, -0.25) is 4.79 Å². The molecule has 2 aromatic carbocycles. The lowest BCUT2D eigenvalue weighted by atomic mass is 10.1. The molecule has 1 aliphatic rings. The molecular weight excluding hydrogens is 264 g/mol. The first-order valence-electron chi connectivity index (χ1n) is 6.93. The van der Waals surface area contributed by atoms with Gasteiger partial charge in [-0.1, -0.05) is 29.3 Å². The predicted molar refractivity (Wildman–Crippen MR) is 83.5 cm³/mol.